The highest BCUT2D eigenvalue weighted by atomic mass is 14.9. The summed E-state index contributed by atoms with van der Waals surface area (Å²) in [5.74, 6) is 0. The van der Waals surface area contributed by atoms with E-state index >= 15 is 0 Å². The largest absolute Gasteiger partial charge is 0.313 e. The fourth-order valence-electron chi connectivity index (χ4n) is 4.77. The van der Waals surface area contributed by atoms with Gasteiger partial charge < -0.3 is 5.32 Å². The van der Waals surface area contributed by atoms with Crippen LogP contribution >= 0.6 is 0 Å². The molecule has 0 bridgehead atoms. The summed E-state index contributed by atoms with van der Waals surface area (Å²) in [4.78, 5) is 0. The van der Waals surface area contributed by atoms with Crippen LogP contribution in [0, 0.1) is 5.41 Å². The predicted molar refractivity (Wildman–Crippen MR) is 90.8 cm³/mol. The Morgan fingerprint density at radius 1 is 1.05 bits per heavy atom. The molecule has 116 valence electrons. The van der Waals surface area contributed by atoms with Crippen molar-refractivity contribution in [1.82, 2.24) is 5.32 Å². The first kappa shape index (κ1) is 15.1. The number of hydrogen-bond donors (Lipinski definition) is 1. The summed E-state index contributed by atoms with van der Waals surface area (Å²) >= 11 is 0. The van der Waals surface area contributed by atoms with Crippen molar-refractivity contribution in [1.29, 1.82) is 0 Å². The number of hydrogen-bond acceptors (Lipinski definition) is 1. The van der Waals surface area contributed by atoms with Crippen LogP contribution < -0.4 is 5.32 Å². The zero-order valence-electron chi connectivity index (χ0n) is 13.9. The molecule has 0 amide bonds. The molecule has 1 atom stereocenters. The molecule has 1 fully saturated rings. The third-order valence-electron chi connectivity index (χ3n) is 6.10. The highest BCUT2D eigenvalue weighted by Crippen LogP contribution is 2.44. The van der Waals surface area contributed by atoms with Crippen LogP contribution in [0.1, 0.15) is 69.1 Å². The molecule has 3 rings (SSSR count). The summed E-state index contributed by atoms with van der Waals surface area (Å²) in [5.41, 5.74) is 5.33. The molecule has 0 saturated heterocycles. The zero-order valence-corrected chi connectivity index (χ0v) is 13.9. The second-order valence-corrected chi connectivity index (χ2v) is 7.19. The van der Waals surface area contributed by atoms with Crippen LogP contribution in [-0.4, -0.2) is 12.6 Å². The van der Waals surface area contributed by atoms with E-state index < -0.39 is 0 Å². The van der Waals surface area contributed by atoms with E-state index in [2.05, 4.69) is 37.4 Å². The number of fused-ring (bicyclic) bond motifs is 1. The minimum atomic E-state index is 0.551. The lowest BCUT2D eigenvalue weighted by atomic mass is 9.74. The molecule has 1 heteroatoms. The van der Waals surface area contributed by atoms with Gasteiger partial charge in [-0.3, -0.25) is 0 Å². The summed E-state index contributed by atoms with van der Waals surface area (Å²) < 4.78 is 0. The first-order chi connectivity index (χ1) is 10.3. The molecule has 2 aliphatic carbocycles. The van der Waals surface area contributed by atoms with Crippen LogP contribution in [0.5, 0.6) is 0 Å². The minimum Gasteiger partial charge on any atom is -0.313 e. The molecule has 1 N–H and O–H groups in total. The van der Waals surface area contributed by atoms with Crippen molar-refractivity contribution < 1.29 is 0 Å². The highest BCUT2D eigenvalue weighted by molar-refractivity contribution is 5.35. The Bertz CT molecular complexity index is 471. The molecule has 0 aromatic heterocycles. The van der Waals surface area contributed by atoms with Gasteiger partial charge in [-0.15, -0.1) is 0 Å². The van der Waals surface area contributed by atoms with Crippen molar-refractivity contribution in [2.75, 3.05) is 6.54 Å². The molecule has 0 radical (unpaired) electrons. The Balaban J connectivity index is 1.78. The average Bonchev–Trinajstić information content (AvgIpc) is 3.16. The fourth-order valence-corrected chi connectivity index (χ4v) is 4.77. The van der Waals surface area contributed by atoms with E-state index in [1.165, 1.54) is 57.8 Å². The van der Waals surface area contributed by atoms with Gasteiger partial charge in [-0.1, -0.05) is 44.9 Å². The normalized spacial score (nSPS) is 21.4. The van der Waals surface area contributed by atoms with E-state index in [0.717, 1.165) is 6.54 Å². The second kappa shape index (κ2) is 6.52. The van der Waals surface area contributed by atoms with E-state index in [4.69, 9.17) is 0 Å². The number of benzene rings is 1. The van der Waals surface area contributed by atoms with Crippen LogP contribution in [0.4, 0.5) is 0 Å². The summed E-state index contributed by atoms with van der Waals surface area (Å²) in [6.45, 7) is 5.75. The summed E-state index contributed by atoms with van der Waals surface area (Å²) in [7, 11) is 0. The van der Waals surface area contributed by atoms with Crippen LogP contribution in [0.25, 0.3) is 0 Å². The van der Waals surface area contributed by atoms with Gasteiger partial charge in [-0.2, -0.15) is 0 Å². The van der Waals surface area contributed by atoms with Gasteiger partial charge in [0, 0.05) is 6.04 Å². The average molecular weight is 285 g/mol. The summed E-state index contributed by atoms with van der Waals surface area (Å²) in [6.07, 6.45) is 12.2. The van der Waals surface area contributed by atoms with Crippen molar-refractivity contribution >= 4 is 0 Å². The predicted octanol–water partition coefficient (Wildman–Crippen LogP) is 4.67. The van der Waals surface area contributed by atoms with E-state index in [-0.39, 0.29) is 0 Å². The third-order valence-corrected chi connectivity index (χ3v) is 6.10. The van der Waals surface area contributed by atoms with Gasteiger partial charge in [0.1, 0.15) is 0 Å². The maximum Gasteiger partial charge on any atom is 0.0164 e. The van der Waals surface area contributed by atoms with Crippen molar-refractivity contribution in [2.45, 2.75) is 77.7 Å². The van der Waals surface area contributed by atoms with Crippen LogP contribution in [0.3, 0.4) is 0 Å². The number of likely N-dealkylation sites (N-methyl/N-ethyl adjacent to an activating group) is 1. The van der Waals surface area contributed by atoms with E-state index in [0.29, 0.717) is 11.5 Å². The van der Waals surface area contributed by atoms with Gasteiger partial charge in [-0.05, 0) is 73.6 Å². The number of aryl methyl sites for hydroxylation is 2. The number of nitrogens with one attached hydrogen (secondary N) is 1. The standard InChI is InChI=1S/C20H31N/c1-3-20(12-5-6-13-20)19(21-4-2)15-16-10-11-17-8-7-9-18(17)14-16/h10-11,14,19,21H,3-9,12-13,15H2,1-2H3. The first-order valence-corrected chi connectivity index (χ1v) is 9.11. The van der Waals surface area contributed by atoms with Gasteiger partial charge in [0.2, 0.25) is 0 Å². The molecule has 0 aliphatic heterocycles. The van der Waals surface area contributed by atoms with Gasteiger partial charge in [0.25, 0.3) is 0 Å². The third kappa shape index (κ3) is 3.04. The molecular weight excluding hydrogens is 254 g/mol. The monoisotopic (exact) mass is 285 g/mol. The molecular formula is C20H31N. The van der Waals surface area contributed by atoms with Gasteiger partial charge in [-0.25, -0.2) is 0 Å². The molecule has 1 saturated carbocycles. The minimum absolute atomic E-state index is 0.551. The van der Waals surface area contributed by atoms with E-state index in [1.54, 1.807) is 16.7 Å². The van der Waals surface area contributed by atoms with E-state index in [1.807, 2.05) is 0 Å². The van der Waals surface area contributed by atoms with Crippen LogP contribution in [-0.2, 0) is 19.3 Å². The molecule has 2 aliphatic rings. The molecule has 1 aromatic carbocycles. The van der Waals surface area contributed by atoms with E-state index in [9.17, 15) is 0 Å². The smallest absolute Gasteiger partial charge is 0.0164 e. The molecule has 21 heavy (non-hydrogen) atoms. The van der Waals surface area contributed by atoms with Gasteiger partial charge >= 0.3 is 0 Å². The molecule has 1 aromatic rings. The molecule has 0 spiro atoms. The molecule has 0 heterocycles. The molecule has 1 nitrogen and oxygen atoms in total. The quantitative estimate of drug-likeness (QED) is 0.801. The Kier molecular flexibility index (Phi) is 4.69. The van der Waals surface area contributed by atoms with Gasteiger partial charge in [0.05, 0.1) is 0 Å². The molecule has 1 unspecified atom stereocenters. The van der Waals surface area contributed by atoms with Crippen molar-refractivity contribution in [3.05, 3.63) is 34.9 Å². The fraction of sp³-hybridized carbons (Fsp3) is 0.700. The zero-order chi connectivity index (χ0) is 14.7. The van der Waals surface area contributed by atoms with Crippen molar-refractivity contribution in [3.63, 3.8) is 0 Å². The Morgan fingerprint density at radius 3 is 2.52 bits per heavy atom. The lowest BCUT2D eigenvalue weighted by Crippen LogP contribution is -2.45. The summed E-state index contributed by atoms with van der Waals surface area (Å²) in [5, 5.41) is 3.83. The van der Waals surface area contributed by atoms with Crippen molar-refractivity contribution in [2.24, 2.45) is 5.41 Å². The number of rotatable bonds is 6. The maximum atomic E-state index is 3.83. The topological polar surface area (TPSA) is 12.0 Å². The highest BCUT2D eigenvalue weighted by Gasteiger charge is 2.39. The van der Waals surface area contributed by atoms with Gasteiger partial charge in [0.15, 0.2) is 0 Å². The van der Waals surface area contributed by atoms with Crippen LogP contribution in [0.2, 0.25) is 0 Å². The SMILES string of the molecule is CCNC(Cc1ccc2c(c1)CCC2)C1(CC)CCCC1. The summed E-state index contributed by atoms with van der Waals surface area (Å²) in [6, 6.07) is 7.96. The Hall–Kier alpha value is -0.820. The maximum absolute atomic E-state index is 3.83. The first-order valence-electron chi connectivity index (χ1n) is 9.11. The van der Waals surface area contributed by atoms with Crippen LogP contribution in [0.15, 0.2) is 18.2 Å². The second-order valence-electron chi connectivity index (χ2n) is 7.19. The lowest BCUT2D eigenvalue weighted by Gasteiger charge is -2.38. The lowest BCUT2D eigenvalue weighted by molar-refractivity contribution is 0.186. The Labute approximate surface area is 130 Å². The Morgan fingerprint density at radius 2 is 1.81 bits per heavy atom. The van der Waals surface area contributed by atoms with Crippen molar-refractivity contribution in [3.8, 4) is 0 Å².